The number of hydrogen-bond acceptors (Lipinski definition) is 2. The molecule has 1 aromatic heterocycles. The van der Waals surface area contributed by atoms with Crippen LogP contribution < -0.4 is 5.32 Å². The second-order valence-electron chi connectivity index (χ2n) is 2.84. The van der Waals surface area contributed by atoms with Gasteiger partial charge in [-0.3, -0.25) is 0 Å². The molecule has 0 saturated carbocycles. The third-order valence-electron chi connectivity index (χ3n) is 1.98. The van der Waals surface area contributed by atoms with Crippen molar-refractivity contribution < 1.29 is 4.74 Å². The van der Waals surface area contributed by atoms with Crippen molar-refractivity contribution in [2.24, 2.45) is 7.05 Å². The Morgan fingerprint density at radius 2 is 2.08 bits per heavy atom. The van der Waals surface area contributed by atoms with E-state index in [0.717, 1.165) is 6.54 Å². The van der Waals surface area contributed by atoms with Gasteiger partial charge < -0.3 is 14.6 Å². The summed E-state index contributed by atoms with van der Waals surface area (Å²) in [5, 5.41) is 3.12. The predicted molar refractivity (Wildman–Crippen MR) is 48.9 cm³/mol. The maximum absolute atomic E-state index is 5.06. The molecule has 0 spiro atoms. The zero-order valence-electron chi connectivity index (χ0n) is 7.92. The summed E-state index contributed by atoms with van der Waals surface area (Å²) in [7, 11) is 5.72. The summed E-state index contributed by atoms with van der Waals surface area (Å²) in [6.45, 7) is 1.58. The van der Waals surface area contributed by atoms with E-state index in [1.807, 2.05) is 7.05 Å². The predicted octanol–water partition coefficient (Wildman–Crippen LogP) is 0.891. The minimum Gasteiger partial charge on any atom is -0.378 e. The van der Waals surface area contributed by atoms with E-state index in [1.165, 1.54) is 11.4 Å². The molecule has 68 valence electrons. The average Bonchev–Trinajstić information content (AvgIpc) is 2.38. The first-order valence-electron chi connectivity index (χ1n) is 4.06. The zero-order valence-corrected chi connectivity index (χ0v) is 7.92. The fourth-order valence-electron chi connectivity index (χ4n) is 1.25. The fourth-order valence-corrected chi connectivity index (χ4v) is 1.25. The topological polar surface area (TPSA) is 26.2 Å². The second-order valence-corrected chi connectivity index (χ2v) is 2.84. The number of nitrogens with zero attached hydrogens (tertiary/aromatic N) is 1. The van der Waals surface area contributed by atoms with Gasteiger partial charge in [0.15, 0.2) is 0 Å². The third-order valence-corrected chi connectivity index (χ3v) is 1.98. The Bertz CT molecular complexity index is 219. The average molecular weight is 168 g/mol. The molecule has 0 fully saturated rings. The van der Waals surface area contributed by atoms with Gasteiger partial charge in [-0.15, -0.1) is 0 Å². The van der Waals surface area contributed by atoms with Crippen molar-refractivity contribution in [1.82, 2.24) is 9.88 Å². The maximum Gasteiger partial charge on any atom is 0.0863 e. The Morgan fingerprint density at radius 1 is 1.42 bits per heavy atom. The molecule has 0 aliphatic heterocycles. The van der Waals surface area contributed by atoms with Gasteiger partial charge in [0, 0.05) is 32.1 Å². The SMILES string of the molecule is CNCc1ccc(COC)n1C. The molecule has 12 heavy (non-hydrogen) atoms. The molecule has 1 aromatic rings. The van der Waals surface area contributed by atoms with Crippen LogP contribution in [0.5, 0.6) is 0 Å². The molecule has 0 aliphatic rings. The molecule has 0 amide bonds. The Morgan fingerprint density at radius 3 is 2.67 bits per heavy atom. The molecular weight excluding hydrogens is 152 g/mol. The van der Waals surface area contributed by atoms with Gasteiger partial charge in [-0.05, 0) is 19.2 Å². The molecule has 1 heterocycles. The quantitative estimate of drug-likeness (QED) is 0.722. The molecule has 1 rings (SSSR count). The Kier molecular flexibility index (Phi) is 3.31. The van der Waals surface area contributed by atoms with Crippen molar-refractivity contribution in [3.05, 3.63) is 23.5 Å². The highest BCUT2D eigenvalue weighted by molar-refractivity contribution is 5.15. The van der Waals surface area contributed by atoms with E-state index in [9.17, 15) is 0 Å². The lowest BCUT2D eigenvalue weighted by Gasteiger charge is -2.05. The largest absolute Gasteiger partial charge is 0.378 e. The number of ether oxygens (including phenoxy) is 1. The second kappa shape index (κ2) is 4.28. The highest BCUT2D eigenvalue weighted by Gasteiger charge is 2.01. The van der Waals surface area contributed by atoms with Gasteiger partial charge in [-0.25, -0.2) is 0 Å². The first kappa shape index (κ1) is 9.29. The van der Waals surface area contributed by atoms with E-state index < -0.39 is 0 Å². The van der Waals surface area contributed by atoms with Crippen LogP contribution >= 0.6 is 0 Å². The van der Waals surface area contributed by atoms with Gasteiger partial charge in [-0.1, -0.05) is 0 Å². The van der Waals surface area contributed by atoms with Crippen molar-refractivity contribution in [2.45, 2.75) is 13.2 Å². The van der Waals surface area contributed by atoms with E-state index >= 15 is 0 Å². The summed E-state index contributed by atoms with van der Waals surface area (Å²) in [4.78, 5) is 0. The zero-order chi connectivity index (χ0) is 8.97. The van der Waals surface area contributed by atoms with Crippen molar-refractivity contribution in [2.75, 3.05) is 14.2 Å². The highest BCUT2D eigenvalue weighted by Crippen LogP contribution is 2.07. The Hall–Kier alpha value is -0.800. The molecule has 1 N–H and O–H groups in total. The molecule has 3 nitrogen and oxygen atoms in total. The maximum atomic E-state index is 5.06. The van der Waals surface area contributed by atoms with Gasteiger partial charge in [0.05, 0.1) is 6.61 Å². The molecule has 3 heteroatoms. The minimum atomic E-state index is 0.681. The summed E-state index contributed by atoms with van der Waals surface area (Å²) in [6.07, 6.45) is 0. The number of aromatic nitrogens is 1. The monoisotopic (exact) mass is 168 g/mol. The highest BCUT2D eigenvalue weighted by atomic mass is 16.5. The number of hydrogen-bond donors (Lipinski definition) is 1. The summed E-state index contributed by atoms with van der Waals surface area (Å²) in [5.74, 6) is 0. The molecule has 0 aromatic carbocycles. The molecule has 0 atom stereocenters. The molecule has 0 saturated heterocycles. The first-order chi connectivity index (χ1) is 5.79. The Labute approximate surface area is 73.3 Å². The van der Waals surface area contributed by atoms with Crippen LogP contribution in [0.3, 0.4) is 0 Å². The van der Waals surface area contributed by atoms with Crippen LogP contribution in [0.1, 0.15) is 11.4 Å². The van der Waals surface area contributed by atoms with Crippen LogP contribution in [0.15, 0.2) is 12.1 Å². The van der Waals surface area contributed by atoms with Crippen LogP contribution in [0.2, 0.25) is 0 Å². The number of nitrogens with one attached hydrogen (secondary N) is 1. The van der Waals surface area contributed by atoms with E-state index in [-0.39, 0.29) is 0 Å². The first-order valence-corrected chi connectivity index (χ1v) is 4.06. The van der Waals surface area contributed by atoms with Crippen LogP contribution in [0, 0.1) is 0 Å². The lowest BCUT2D eigenvalue weighted by atomic mass is 10.4. The summed E-state index contributed by atoms with van der Waals surface area (Å²) >= 11 is 0. The van der Waals surface area contributed by atoms with Crippen molar-refractivity contribution in [3.8, 4) is 0 Å². The number of rotatable bonds is 4. The molecule has 0 unspecified atom stereocenters. The third kappa shape index (κ3) is 1.87. The molecular formula is C9H16N2O. The fraction of sp³-hybridized carbons (Fsp3) is 0.556. The van der Waals surface area contributed by atoms with Gasteiger partial charge in [0.2, 0.25) is 0 Å². The van der Waals surface area contributed by atoms with Gasteiger partial charge in [0.25, 0.3) is 0 Å². The van der Waals surface area contributed by atoms with E-state index in [0.29, 0.717) is 6.61 Å². The smallest absolute Gasteiger partial charge is 0.0863 e. The summed E-state index contributed by atoms with van der Waals surface area (Å²) < 4.78 is 7.21. The van der Waals surface area contributed by atoms with Crippen LogP contribution in [-0.2, 0) is 24.9 Å². The standard InChI is InChI=1S/C9H16N2O/c1-10-6-8-4-5-9(7-12-3)11(8)2/h4-5,10H,6-7H2,1-3H3. The van der Waals surface area contributed by atoms with E-state index in [4.69, 9.17) is 4.74 Å². The van der Waals surface area contributed by atoms with Crippen molar-refractivity contribution in [3.63, 3.8) is 0 Å². The lowest BCUT2D eigenvalue weighted by Crippen LogP contribution is -2.10. The Balaban J connectivity index is 2.74. The normalized spacial score (nSPS) is 10.6. The van der Waals surface area contributed by atoms with E-state index in [2.05, 4.69) is 29.1 Å². The minimum absolute atomic E-state index is 0.681. The van der Waals surface area contributed by atoms with E-state index in [1.54, 1.807) is 7.11 Å². The summed E-state index contributed by atoms with van der Waals surface area (Å²) in [5.41, 5.74) is 2.49. The lowest BCUT2D eigenvalue weighted by molar-refractivity contribution is 0.178. The molecule has 0 aliphatic carbocycles. The van der Waals surface area contributed by atoms with Crippen LogP contribution in [0.25, 0.3) is 0 Å². The van der Waals surface area contributed by atoms with Crippen molar-refractivity contribution >= 4 is 0 Å². The van der Waals surface area contributed by atoms with Gasteiger partial charge >= 0.3 is 0 Å². The van der Waals surface area contributed by atoms with Gasteiger partial charge in [-0.2, -0.15) is 0 Å². The summed E-state index contributed by atoms with van der Waals surface area (Å²) in [6, 6.07) is 4.21. The van der Waals surface area contributed by atoms with Gasteiger partial charge in [0.1, 0.15) is 0 Å². The van der Waals surface area contributed by atoms with Crippen molar-refractivity contribution in [1.29, 1.82) is 0 Å². The van der Waals surface area contributed by atoms with Crippen LogP contribution in [-0.4, -0.2) is 18.7 Å². The van der Waals surface area contributed by atoms with Crippen LogP contribution in [0.4, 0.5) is 0 Å². The molecule has 0 bridgehead atoms. The number of methoxy groups -OCH3 is 1. The molecule has 0 radical (unpaired) electrons.